The van der Waals surface area contributed by atoms with Crippen LogP contribution in [0, 0.1) is 0 Å². The summed E-state index contributed by atoms with van der Waals surface area (Å²) in [5, 5.41) is 2.22. The van der Waals surface area contributed by atoms with Crippen LogP contribution in [0.2, 0.25) is 0 Å². The van der Waals surface area contributed by atoms with Crippen LogP contribution < -0.4 is 9.64 Å². The van der Waals surface area contributed by atoms with Gasteiger partial charge in [-0.05, 0) is 42.3 Å². The van der Waals surface area contributed by atoms with Gasteiger partial charge in [-0.1, -0.05) is 30.3 Å². The molecule has 0 fully saturated rings. The van der Waals surface area contributed by atoms with E-state index in [1.54, 1.807) is 0 Å². The lowest BCUT2D eigenvalue weighted by Crippen LogP contribution is -2.08. The lowest BCUT2D eigenvalue weighted by molar-refractivity contribution is 0.340. The van der Waals surface area contributed by atoms with Gasteiger partial charge in [-0.25, -0.2) is 0 Å². The summed E-state index contributed by atoms with van der Waals surface area (Å²) in [6.07, 6.45) is 0. The molecule has 25 heavy (non-hydrogen) atoms. The molecular formula is C22H21NO2. The van der Waals surface area contributed by atoms with E-state index in [2.05, 4.69) is 47.4 Å². The van der Waals surface area contributed by atoms with E-state index in [4.69, 9.17) is 9.15 Å². The van der Waals surface area contributed by atoms with Gasteiger partial charge in [0.2, 0.25) is 0 Å². The molecule has 0 amide bonds. The van der Waals surface area contributed by atoms with Crippen molar-refractivity contribution in [3.8, 4) is 16.9 Å². The van der Waals surface area contributed by atoms with Crippen molar-refractivity contribution in [1.82, 2.24) is 0 Å². The van der Waals surface area contributed by atoms with Crippen LogP contribution in [0.1, 0.15) is 6.92 Å². The van der Waals surface area contributed by atoms with Gasteiger partial charge >= 0.3 is 0 Å². The summed E-state index contributed by atoms with van der Waals surface area (Å²) < 4.78 is 11.8. The fraction of sp³-hybridized carbons (Fsp3) is 0.182. The predicted molar refractivity (Wildman–Crippen MR) is 105 cm³/mol. The molecule has 0 aliphatic rings. The molecule has 3 aromatic carbocycles. The van der Waals surface area contributed by atoms with E-state index in [1.807, 2.05) is 39.2 Å². The monoisotopic (exact) mass is 331 g/mol. The normalized spacial score (nSPS) is 11.2. The van der Waals surface area contributed by atoms with Gasteiger partial charge in [0, 0.05) is 36.6 Å². The van der Waals surface area contributed by atoms with Crippen LogP contribution in [0.15, 0.2) is 65.1 Å². The van der Waals surface area contributed by atoms with Crippen molar-refractivity contribution in [2.75, 3.05) is 25.6 Å². The Morgan fingerprint density at radius 2 is 1.72 bits per heavy atom. The summed E-state index contributed by atoms with van der Waals surface area (Å²) in [6, 6.07) is 20.8. The van der Waals surface area contributed by atoms with Crippen LogP contribution in [0.4, 0.5) is 5.69 Å². The van der Waals surface area contributed by atoms with E-state index in [0.29, 0.717) is 6.61 Å². The third-order valence-corrected chi connectivity index (χ3v) is 4.44. The molecule has 126 valence electrons. The van der Waals surface area contributed by atoms with Crippen LogP contribution in [-0.2, 0) is 0 Å². The zero-order chi connectivity index (χ0) is 17.4. The Bertz CT molecular complexity index is 1030. The first-order chi connectivity index (χ1) is 12.2. The maximum atomic E-state index is 6.16. The highest BCUT2D eigenvalue weighted by atomic mass is 16.5. The lowest BCUT2D eigenvalue weighted by Gasteiger charge is -2.15. The fourth-order valence-corrected chi connectivity index (χ4v) is 3.23. The molecule has 0 saturated heterocycles. The van der Waals surface area contributed by atoms with E-state index in [-0.39, 0.29) is 0 Å². The second kappa shape index (κ2) is 6.17. The first kappa shape index (κ1) is 15.6. The minimum Gasteiger partial charge on any atom is -0.494 e. The lowest BCUT2D eigenvalue weighted by atomic mass is 9.98. The van der Waals surface area contributed by atoms with Gasteiger partial charge in [0.15, 0.2) is 0 Å². The maximum absolute atomic E-state index is 6.16. The SMILES string of the molecule is CCOc1ccc2oc3cc(N(C)C)cc(-c4ccccc4)c3c2c1. The van der Waals surface area contributed by atoms with Gasteiger partial charge in [0.05, 0.1) is 6.61 Å². The average Bonchev–Trinajstić information content (AvgIpc) is 3.00. The smallest absolute Gasteiger partial charge is 0.138 e. The van der Waals surface area contributed by atoms with E-state index in [9.17, 15) is 0 Å². The Balaban J connectivity index is 2.08. The number of hydrogen-bond donors (Lipinski definition) is 0. The Labute approximate surface area is 147 Å². The highest BCUT2D eigenvalue weighted by Gasteiger charge is 2.15. The number of hydrogen-bond acceptors (Lipinski definition) is 3. The standard InChI is InChI=1S/C22H21NO2/c1-4-24-17-10-11-20-19(14-17)22-18(15-8-6-5-7-9-15)12-16(23(2)3)13-21(22)25-20/h5-14H,4H2,1-3H3. The zero-order valence-electron chi connectivity index (χ0n) is 14.7. The second-order valence-corrected chi connectivity index (χ2v) is 6.32. The molecule has 0 saturated carbocycles. The van der Waals surface area contributed by atoms with E-state index in [1.165, 1.54) is 11.1 Å². The molecule has 0 aliphatic heterocycles. The van der Waals surface area contributed by atoms with Gasteiger partial charge in [-0.15, -0.1) is 0 Å². The minimum absolute atomic E-state index is 0.650. The molecule has 0 spiro atoms. The van der Waals surface area contributed by atoms with E-state index >= 15 is 0 Å². The molecule has 0 unspecified atom stereocenters. The molecule has 1 heterocycles. The predicted octanol–water partition coefficient (Wildman–Crippen LogP) is 5.72. The van der Waals surface area contributed by atoms with Gasteiger partial charge in [0.25, 0.3) is 0 Å². The molecule has 4 aromatic rings. The quantitative estimate of drug-likeness (QED) is 0.478. The third-order valence-electron chi connectivity index (χ3n) is 4.44. The molecular weight excluding hydrogens is 310 g/mol. The van der Waals surface area contributed by atoms with Crippen LogP contribution in [0.3, 0.4) is 0 Å². The van der Waals surface area contributed by atoms with E-state index < -0.39 is 0 Å². The number of furan rings is 1. The Morgan fingerprint density at radius 3 is 2.44 bits per heavy atom. The highest BCUT2D eigenvalue weighted by molar-refractivity contribution is 6.13. The Kier molecular flexibility index (Phi) is 3.85. The highest BCUT2D eigenvalue weighted by Crippen LogP contribution is 2.40. The summed E-state index contributed by atoms with van der Waals surface area (Å²) in [4.78, 5) is 2.10. The number of rotatable bonds is 4. The van der Waals surface area contributed by atoms with Crippen LogP contribution in [0.5, 0.6) is 5.75 Å². The van der Waals surface area contributed by atoms with Gasteiger partial charge < -0.3 is 14.1 Å². The van der Waals surface area contributed by atoms with Crippen LogP contribution in [-0.4, -0.2) is 20.7 Å². The molecule has 0 N–H and O–H groups in total. The molecule has 3 nitrogen and oxygen atoms in total. The molecule has 0 radical (unpaired) electrons. The third kappa shape index (κ3) is 2.72. The molecule has 1 aromatic heterocycles. The molecule has 0 atom stereocenters. The number of ether oxygens (including phenoxy) is 1. The van der Waals surface area contributed by atoms with Crippen molar-refractivity contribution in [2.45, 2.75) is 6.92 Å². The van der Waals surface area contributed by atoms with Crippen molar-refractivity contribution >= 4 is 27.6 Å². The van der Waals surface area contributed by atoms with Crippen molar-refractivity contribution < 1.29 is 9.15 Å². The molecule has 3 heteroatoms. The summed E-state index contributed by atoms with van der Waals surface area (Å²) in [7, 11) is 4.09. The Hall–Kier alpha value is -2.94. The first-order valence-corrected chi connectivity index (χ1v) is 8.53. The maximum Gasteiger partial charge on any atom is 0.138 e. The minimum atomic E-state index is 0.650. The van der Waals surface area contributed by atoms with Crippen molar-refractivity contribution in [3.63, 3.8) is 0 Å². The van der Waals surface area contributed by atoms with E-state index in [0.717, 1.165) is 33.4 Å². The topological polar surface area (TPSA) is 25.6 Å². The average molecular weight is 331 g/mol. The summed E-state index contributed by atoms with van der Waals surface area (Å²) in [5.41, 5.74) is 5.26. The summed E-state index contributed by atoms with van der Waals surface area (Å²) >= 11 is 0. The molecule has 0 bridgehead atoms. The summed E-state index contributed by atoms with van der Waals surface area (Å²) in [6.45, 7) is 2.65. The fourth-order valence-electron chi connectivity index (χ4n) is 3.23. The zero-order valence-corrected chi connectivity index (χ0v) is 14.7. The largest absolute Gasteiger partial charge is 0.494 e. The van der Waals surface area contributed by atoms with Crippen molar-refractivity contribution in [2.24, 2.45) is 0 Å². The molecule has 0 aliphatic carbocycles. The van der Waals surface area contributed by atoms with Gasteiger partial charge in [-0.3, -0.25) is 0 Å². The number of anilines is 1. The Morgan fingerprint density at radius 1 is 0.920 bits per heavy atom. The summed E-state index contributed by atoms with van der Waals surface area (Å²) in [5.74, 6) is 0.869. The van der Waals surface area contributed by atoms with Crippen molar-refractivity contribution in [3.05, 3.63) is 60.7 Å². The van der Waals surface area contributed by atoms with Crippen LogP contribution >= 0.6 is 0 Å². The first-order valence-electron chi connectivity index (χ1n) is 8.53. The van der Waals surface area contributed by atoms with Crippen LogP contribution in [0.25, 0.3) is 33.1 Å². The molecule has 4 rings (SSSR count). The van der Waals surface area contributed by atoms with Gasteiger partial charge in [0.1, 0.15) is 16.9 Å². The van der Waals surface area contributed by atoms with Crippen molar-refractivity contribution in [1.29, 1.82) is 0 Å². The number of nitrogens with zero attached hydrogens (tertiary/aromatic N) is 1. The number of fused-ring (bicyclic) bond motifs is 3. The second-order valence-electron chi connectivity index (χ2n) is 6.32. The number of benzene rings is 3. The van der Waals surface area contributed by atoms with Gasteiger partial charge in [-0.2, -0.15) is 0 Å².